The normalized spacial score (nSPS) is 18.3. The van der Waals surface area contributed by atoms with Gasteiger partial charge in [0, 0.05) is 44.0 Å². The molecule has 1 aromatic rings. The smallest absolute Gasteiger partial charge is 0.253 e. The second-order valence-corrected chi connectivity index (χ2v) is 7.49. The molecule has 8 heteroatoms. The topological polar surface area (TPSA) is 69.7 Å². The van der Waals surface area contributed by atoms with Gasteiger partial charge in [0.2, 0.25) is 10.0 Å². The molecule has 0 aliphatic carbocycles. The maximum absolute atomic E-state index is 12.5. The third-order valence-electron chi connectivity index (χ3n) is 4.06. The number of rotatable bonds is 2. The van der Waals surface area contributed by atoms with E-state index >= 15 is 0 Å². The Morgan fingerprint density at radius 2 is 1.86 bits per heavy atom. The first-order valence-electron chi connectivity index (χ1n) is 7.06. The van der Waals surface area contributed by atoms with Crippen LogP contribution in [0.1, 0.15) is 15.9 Å². The number of hydrogen-bond donors (Lipinski definition) is 1. The number of carbonyl (C=O) groups excluding carboxylic acids is 1. The van der Waals surface area contributed by atoms with E-state index in [0.29, 0.717) is 31.7 Å². The molecule has 0 saturated carbocycles. The van der Waals surface area contributed by atoms with Gasteiger partial charge in [0.1, 0.15) is 0 Å². The Bertz CT molecular complexity index is 670. The highest BCUT2D eigenvalue weighted by Gasteiger charge is 2.27. The standard InChI is InChI=1S/C14H19N3O3S.ClH/c1-21(19,20)17-8-6-16(7-9-17)14(18)12-2-3-13-11(10-12)4-5-15-13;/h2-3,10,15H,4-9H2,1H3;1H. The number of hydrogen-bond acceptors (Lipinski definition) is 4. The molecule has 1 N–H and O–H groups in total. The van der Waals surface area contributed by atoms with Crippen molar-refractivity contribution in [1.82, 2.24) is 9.21 Å². The summed E-state index contributed by atoms with van der Waals surface area (Å²) in [5.41, 5.74) is 2.97. The highest BCUT2D eigenvalue weighted by Crippen LogP contribution is 2.24. The Labute approximate surface area is 136 Å². The van der Waals surface area contributed by atoms with E-state index < -0.39 is 10.0 Å². The average Bonchev–Trinajstić information content (AvgIpc) is 2.93. The summed E-state index contributed by atoms with van der Waals surface area (Å²) in [6.07, 6.45) is 2.15. The van der Waals surface area contributed by atoms with Crippen LogP contribution >= 0.6 is 12.4 Å². The molecule has 22 heavy (non-hydrogen) atoms. The van der Waals surface area contributed by atoms with Crippen LogP contribution in [0.5, 0.6) is 0 Å². The quantitative estimate of drug-likeness (QED) is 0.860. The van der Waals surface area contributed by atoms with Gasteiger partial charge in [-0.05, 0) is 30.2 Å². The summed E-state index contributed by atoms with van der Waals surface area (Å²) in [7, 11) is -3.16. The van der Waals surface area contributed by atoms with Crippen molar-refractivity contribution >= 4 is 34.0 Å². The summed E-state index contributed by atoms with van der Waals surface area (Å²) < 4.78 is 24.4. The van der Waals surface area contributed by atoms with Gasteiger partial charge in [-0.3, -0.25) is 4.79 Å². The fraction of sp³-hybridized carbons (Fsp3) is 0.500. The number of fused-ring (bicyclic) bond motifs is 1. The summed E-state index contributed by atoms with van der Waals surface area (Å²) in [6.45, 7) is 2.55. The summed E-state index contributed by atoms with van der Waals surface area (Å²) >= 11 is 0. The second kappa shape index (κ2) is 6.44. The average molecular weight is 346 g/mol. The van der Waals surface area contributed by atoms with Gasteiger partial charge >= 0.3 is 0 Å². The lowest BCUT2D eigenvalue weighted by Crippen LogP contribution is -2.50. The van der Waals surface area contributed by atoms with Gasteiger partial charge < -0.3 is 10.2 Å². The fourth-order valence-corrected chi connectivity index (χ4v) is 3.67. The van der Waals surface area contributed by atoms with E-state index in [1.165, 1.54) is 16.1 Å². The van der Waals surface area contributed by atoms with E-state index in [9.17, 15) is 13.2 Å². The highest BCUT2D eigenvalue weighted by molar-refractivity contribution is 7.88. The van der Waals surface area contributed by atoms with Crippen molar-refractivity contribution < 1.29 is 13.2 Å². The number of amides is 1. The van der Waals surface area contributed by atoms with E-state index in [1.54, 1.807) is 4.90 Å². The Kier molecular flexibility index (Phi) is 4.99. The van der Waals surface area contributed by atoms with Crippen molar-refractivity contribution in [3.8, 4) is 0 Å². The maximum atomic E-state index is 12.5. The number of sulfonamides is 1. The van der Waals surface area contributed by atoms with Crippen molar-refractivity contribution in [3.05, 3.63) is 29.3 Å². The lowest BCUT2D eigenvalue weighted by Gasteiger charge is -2.33. The Morgan fingerprint density at radius 3 is 2.50 bits per heavy atom. The summed E-state index contributed by atoms with van der Waals surface area (Å²) in [5, 5.41) is 3.27. The van der Waals surface area contributed by atoms with E-state index in [2.05, 4.69) is 5.32 Å². The van der Waals surface area contributed by atoms with Gasteiger partial charge in [-0.1, -0.05) is 0 Å². The predicted octanol–water partition coefficient (Wildman–Crippen LogP) is 0.794. The molecule has 0 aromatic heterocycles. The molecular formula is C14H20ClN3O3S. The zero-order chi connectivity index (χ0) is 15.0. The zero-order valence-corrected chi connectivity index (χ0v) is 14.0. The van der Waals surface area contributed by atoms with Crippen molar-refractivity contribution in [2.24, 2.45) is 0 Å². The van der Waals surface area contributed by atoms with Crippen LogP contribution in [0.2, 0.25) is 0 Å². The first-order valence-corrected chi connectivity index (χ1v) is 8.91. The molecule has 1 aromatic carbocycles. The van der Waals surface area contributed by atoms with E-state index in [-0.39, 0.29) is 18.3 Å². The number of nitrogens with one attached hydrogen (secondary N) is 1. The maximum Gasteiger partial charge on any atom is 0.253 e. The van der Waals surface area contributed by atoms with Crippen LogP contribution in [0.4, 0.5) is 5.69 Å². The molecule has 6 nitrogen and oxygen atoms in total. The summed E-state index contributed by atoms with van der Waals surface area (Å²) in [6, 6.07) is 5.73. The minimum atomic E-state index is -3.16. The Morgan fingerprint density at radius 1 is 1.18 bits per heavy atom. The van der Waals surface area contributed by atoms with Gasteiger partial charge in [0.25, 0.3) is 5.91 Å². The largest absolute Gasteiger partial charge is 0.384 e. The number of carbonyl (C=O) groups is 1. The molecule has 2 heterocycles. The number of nitrogens with zero attached hydrogens (tertiary/aromatic N) is 2. The molecule has 0 radical (unpaired) electrons. The Hall–Kier alpha value is -1.31. The third kappa shape index (κ3) is 3.37. The van der Waals surface area contributed by atoms with Crippen LogP contribution in [0.3, 0.4) is 0 Å². The van der Waals surface area contributed by atoms with Crippen molar-refractivity contribution in [2.45, 2.75) is 6.42 Å². The minimum absolute atomic E-state index is 0. The van der Waals surface area contributed by atoms with E-state index in [4.69, 9.17) is 0 Å². The lowest BCUT2D eigenvalue weighted by molar-refractivity contribution is 0.0698. The molecule has 0 atom stereocenters. The molecule has 1 saturated heterocycles. The van der Waals surface area contributed by atoms with Gasteiger partial charge in [-0.2, -0.15) is 4.31 Å². The number of piperazine rings is 1. The molecular weight excluding hydrogens is 326 g/mol. The molecule has 0 spiro atoms. The van der Waals surface area contributed by atoms with Gasteiger partial charge in [0.15, 0.2) is 0 Å². The molecule has 2 aliphatic rings. The molecule has 1 fully saturated rings. The van der Waals surface area contributed by atoms with Crippen LogP contribution in [-0.2, 0) is 16.4 Å². The van der Waals surface area contributed by atoms with Crippen LogP contribution < -0.4 is 5.32 Å². The number of anilines is 1. The van der Waals surface area contributed by atoms with Gasteiger partial charge in [-0.15, -0.1) is 12.4 Å². The fourth-order valence-electron chi connectivity index (χ4n) is 2.84. The first-order chi connectivity index (χ1) is 9.95. The first kappa shape index (κ1) is 17.1. The third-order valence-corrected chi connectivity index (χ3v) is 5.36. The van der Waals surface area contributed by atoms with Crippen LogP contribution in [0.15, 0.2) is 18.2 Å². The molecule has 122 valence electrons. The van der Waals surface area contributed by atoms with Gasteiger partial charge in [0.05, 0.1) is 6.26 Å². The zero-order valence-electron chi connectivity index (χ0n) is 12.4. The lowest BCUT2D eigenvalue weighted by atomic mass is 10.1. The number of benzene rings is 1. The van der Waals surface area contributed by atoms with Crippen LogP contribution in [0.25, 0.3) is 0 Å². The Balaban J connectivity index is 0.00000176. The second-order valence-electron chi connectivity index (χ2n) is 5.50. The van der Waals surface area contributed by atoms with Crippen molar-refractivity contribution in [2.75, 3.05) is 44.3 Å². The summed E-state index contributed by atoms with van der Waals surface area (Å²) in [5.74, 6) is -0.0159. The highest BCUT2D eigenvalue weighted by atomic mass is 35.5. The molecule has 2 aliphatic heterocycles. The van der Waals surface area contributed by atoms with Crippen molar-refractivity contribution in [1.29, 1.82) is 0 Å². The predicted molar refractivity (Wildman–Crippen MR) is 88.2 cm³/mol. The van der Waals surface area contributed by atoms with Gasteiger partial charge in [-0.25, -0.2) is 8.42 Å². The van der Waals surface area contributed by atoms with Crippen LogP contribution in [-0.4, -0.2) is 62.5 Å². The monoisotopic (exact) mass is 345 g/mol. The molecule has 3 rings (SSSR count). The molecule has 1 amide bonds. The number of halogens is 1. The van der Waals surface area contributed by atoms with Crippen molar-refractivity contribution in [3.63, 3.8) is 0 Å². The summed E-state index contributed by atoms with van der Waals surface area (Å²) in [4.78, 5) is 14.2. The van der Waals surface area contributed by atoms with E-state index in [0.717, 1.165) is 18.7 Å². The SMILES string of the molecule is CS(=O)(=O)N1CCN(C(=O)c2ccc3c(c2)CCN3)CC1.Cl. The minimum Gasteiger partial charge on any atom is -0.384 e. The van der Waals surface area contributed by atoms with Crippen LogP contribution in [0, 0.1) is 0 Å². The molecule has 0 bridgehead atoms. The van der Waals surface area contributed by atoms with E-state index in [1.807, 2.05) is 18.2 Å². The molecule has 0 unspecified atom stereocenters.